The lowest BCUT2D eigenvalue weighted by Crippen LogP contribution is -2.43. The third-order valence-corrected chi connectivity index (χ3v) is 10.8. The second kappa shape index (κ2) is 14.3. The summed E-state index contributed by atoms with van der Waals surface area (Å²) < 4.78 is 87.7. The molecule has 0 atom stereocenters. The fourth-order valence-electron chi connectivity index (χ4n) is 5.60. The molecule has 0 radical (unpaired) electrons. The molecular weight excluding hydrogens is 712 g/mol. The number of phenols is 1. The van der Waals surface area contributed by atoms with Crippen LogP contribution in [0.4, 0.5) is 23.2 Å². The largest absolute Gasteiger partial charge is 0.507 e. The number of sulfonamides is 1. The Hall–Kier alpha value is -4.46. The van der Waals surface area contributed by atoms with Gasteiger partial charge in [0.05, 0.1) is 13.1 Å². The van der Waals surface area contributed by atoms with Gasteiger partial charge in [0.15, 0.2) is 28.2 Å². The third-order valence-electron chi connectivity index (χ3n) is 8.72. The predicted octanol–water partition coefficient (Wildman–Crippen LogP) is 8.21. The van der Waals surface area contributed by atoms with Crippen LogP contribution < -0.4 is 4.90 Å². The van der Waals surface area contributed by atoms with E-state index in [-0.39, 0.29) is 28.2 Å². The fraction of sp³-hybridized carbons (Fsp3) is 0.297. The topological polar surface area (TPSA) is 115 Å². The number of hydrogen-bond acceptors (Lipinski definition) is 5. The summed E-state index contributed by atoms with van der Waals surface area (Å²) in [5.74, 6) is -11.0. The number of carboxylic acids is 1. The molecule has 1 amide bonds. The van der Waals surface area contributed by atoms with Crippen molar-refractivity contribution in [1.82, 2.24) is 4.31 Å². The number of hydrogen-bond donors (Lipinski definition) is 2. The summed E-state index contributed by atoms with van der Waals surface area (Å²) in [5.41, 5.74) is 1.04. The Morgan fingerprint density at radius 2 is 1.51 bits per heavy atom. The molecule has 1 fully saturated rings. The number of nitrogens with zero attached hydrogens (tertiary/aromatic N) is 2. The van der Waals surface area contributed by atoms with Crippen LogP contribution in [-0.2, 0) is 33.3 Å². The number of rotatable bonds is 11. The molecule has 8 nitrogen and oxygen atoms in total. The van der Waals surface area contributed by atoms with Gasteiger partial charge in [0.1, 0.15) is 11.3 Å². The van der Waals surface area contributed by atoms with Crippen molar-refractivity contribution in [3.05, 3.63) is 122 Å². The Labute approximate surface area is 297 Å². The number of amides is 1. The van der Waals surface area contributed by atoms with Crippen LogP contribution in [0.25, 0.3) is 0 Å². The minimum atomic E-state index is -5.41. The average molecular weight is 747 g/mol. The van der Waals surface area contributed by atoms with Gasteiger partial charge in [-0.1, -0.05) is 62.7 Å². The van der Waals surface area contributed by atoms with Gasteiger partial charge in [-0.05, 0) is 77.6 Å². The van der Waals surface area contributed by atoms with Crippen molar-refractivity contribution in [2.75, 3.05) is 11.4 Å². The van der Waals surface area contributed by atoms with Gasteiger partial charge in [0.25, 0.3) is 0 Å². The maximum Gasteiger partial charge on any atom is 0.339 e. The van der Waals surface area contributed by atoms with E-state index in [9.17, 15) is 37.0 Å². The van der Waals surface area contributed by atoms with E-state index in [1.54, 1.807) is 0 Å². The number of anilines is 1. The second-order valence-electron chi connectivity index (χ2n) is 13.6. The molecule has 0 spiro atoms. The van der Waals surface area contributed by atoms with E-state index in [0.717, 1.165) is 47.9 Å². The highest BCUT2D eigenvalue weighted by molar-refractivity contribution is 7.89. The standard InChI is InChI=1S/C37H35ClF4N2O6S/c1-20-31(39)33(41)34(42)35(32(20)40)51(49,50)43(17-21-5-9-26(38)10-6-21)19-30(46)44(27-11-12-28(36(47)48)29(45)16-27)18-22-13-24(23-7-8-23)15-25(14-22)37(2,3)4/h5-6,9-16,23,45H,7-8,17-19H2,1-4H3,(H,47,48). The zero-order valence-electron chi connectivity index (χ0n) is 28.1. The van der Waals surface area contributed by atoms with E-state index in [4.69, 9.17) is 11.6 Å². The van der Waals surface area contributed by atoms with Crippen molar-refractivity contribution in [2.45, 2.75) is 69.9 Å². The van der Waals surface area contributed by atoms with Crippen molar-refractivity contribution in [3.8, 4) is 5.75 Å². The Bertz CT molecular complexity index is 2110. The molecule has 1 saturated carbocycles. The Balaban J connectivity index is 1.63. The second-order valence-corrected chi connectivity index (χ2v) is 15.9. The molecule has 270 valence electrons. The number of carbonyl (C=O) groups is 2. The van der Waals surface area contributed by atoms with Gasteiger partial charge in [0.2, 0.25) is 15.9 Å². The van der Waals surface area contributed by atoms with Crippen LogP contribution in [0.3, 0.4) is 0 Å². The molecule has 0 bridgehead atoms. The van der Waals surface area contributed by atoms with Crippen molar-refractivity contribution in [2.24, 2.45) is 0 Å². The average Bonchev–Trinajstić information content (AvgIpc) is 3.91. The van der Waals surface area contributed by atoms with Crippen LogP contribution >= 0.6 is 11.6 Å². The van der Waals surface area contributed by atoms with Crippen LogP contribution in [0.5, 0.6) is 5.75 Å². The lowest BCUT2D eigenvalue weighted by atomic mass is 9.84. The van der Waals surface area contributed by atoms with Crippen molar-refractivity contribution in [3.63, 3.8) is 0 Å². The Kier molecular flexibility index (Phi) is 10.6. The maximum absolute atomic E-state index is 15.3. The van der Waals surface area contributed by atoms with E-state index in [1.165, 1.54) is 30.3 Å². The molecule has 0 aliphatic heterocycles. The highest BCUT2D eigenvalue weighted by Crippen LogP contribution is 2.42. The lowest BCUT2D eigenvalue weighted by molar-refractivity contribution is -0.119. The minimum Gasteiger partial charge on any atom is -0.507 e. The van der Waals surface area contributed by atoms with Crippen LogP contribution in [0.15, 0.2) is 65.6 Å². The number of carboxylic acid groups (broad SMARTS) is 1. The zero-order valence-corrected chi connectivity index (χ0v) is 29.7. The Morgan fingerprint density at radius 3 is 2.08 bits per heavy atom. The summed E-state index contributed by atoms with van der Waals surface area (Å²) in [6.07, 6.45) is 1.96. The quantitative estimate of drug-likeness (QED) is 0.0909. The van der Waals surface area contributed by atoms with Crippen LogP contribution in [0.1, 0.15) is 77.7 Å². The van der Waals surface area contributed by atoms with Gasteiger partial charge in [-0.15, -0.1) is 0 Å². The monoisotopic (exact) mass is 746 g/mol. The van der Waals surface area contributed by atoms with Gasteiger partial charge >= 0.3 is 5.97 Å². The normalized spacial score (nSPS) is 13.5. The molecular formula is C37H35ClF4N2O6S. The van der Waals surface area contributed by atoms with E-state index in [0.29, 0.717) is 15.8 Å². The van der Waals surface area contributed by atoms with Crippen LogP contribution in [0, 0.1) is 30.2 Å². The summed E-state index contributed by atoms with van der Waals surface area (Å²) in [6.45, 7) is 4.90. The number of aromatic carboxylic acids is 1. The predicted molar refractivity (Wildman–Crippen MR) is 183 cm³/mol. The Morgan fingerprint density at radius 1 is 0.863 bits per heavy atom. The van der Waals surface area contributed by atoms with Crippen LogP contribution in [0.2, 0.25) is 5.02 Å². The first-order chi connectivity index (χ1) is 23.8. The molecule has 0 heterocycles. The molecule has 0 aromatic heterocycles. The summed E-state index contributed by atoms with van der Waals surface area (Å²) >= 11 is 5.99. The van der Waals surface area contributed by atoms with Gasteiger partial charge in [0, 0.05) is 28.9 Å². The number of aromatic hydroxyl groups is 1. The molecule has 51 heavy (non-hydrogen) atoms. The molecule has 5 rings (SSSR count). The molecule has 0 saturated heterocycles. The van der Waals surface area contributed by atoms with Crippen molar-refractivity contribution >= 4 is 39.2 Å². The summed E-state index contributed by atoms with van der Waals surface area (Å²) in [5, 5.41) is 20.3. The molecule has 4 aromatic rings. The highest BCUT2D eigenvalue weighted by atomic mass is 35.5. The molecule has 14 heteroatoms. The van der Waals surface area contributed by atoms with Crippen LogP contribution in [-0.4, -0.2) is 41.4 Å². The fourth-order valence-corrected chi connectivity index (χ4v) is 7.28. The number of carbonyl (C=O) groups excluding carboxylic acids is 1. The molecule has 1 aliphatic rings. The smallest absolute Gasteiger partial charge is 0.339 e. The SMILES string of the molecule is Cc1c(F)c(F)c(F)c(S(=O)(=O)N(CC(=O)N(Cc2cc(C3CC3)cc(C(C)(C)C)c2)c2ccc(C(=O)O)c(O)c2)Cc2ccc(Cl)cc2)c1F. The van der Waals surface area contributed by atoms with Crippen molar-refractivity contribution < 1.29 is 45.8 Å². The van der Waals surface area contributed by atoms with Crippen molar-refractivity contribution in [1.29, 1.82) is 0 Å². The number of halogens is 5. The third kappa shape index (κ3) is 8.05. The highest BCUT2D eigenvalue weighted by Gasteiger charge is 2.38. The van der Waals surface area contributed by atoms with Gasteiger partial charge in [-0.3, -0.25) is 4.79 Å². The van der Waals surface area contributed by atoms with E-state index in [1.807, 2.05) is 32.9 Å². The first-order valence-corrected chi connectivity index (χ1v) is 17.7. The molecule has 4 aromatic carbocycles. The van der Waals surface area contributed by atoms with E-state index < -0.39 is 80.0 Å². The molecule has 1 aliphatic carbocycles. The zero-order chi connectivity index (χ0) is 37.6. The first kappa shape index (κ1) is 37.8. The summed E-state index contributed by atoms with van der Waals surface area (Å²) in [4.78, 5) is 25.3. The van der Waals surface area contributed by atoms with Gasteiger partial charge in [-0.2, -0.15) is 4.31 Å². The van der Waals surface area contributed by atoms with Gasteiger partial charge < -0.3 is 15.1 Å². The lowest BCUT2D eigenvalue weighted by Gasteiger charge is -2.29. The minimum absolute atomic E-state index is 0.0125. The summed E-state index contributed by atoms with van der Waals surface area (Å²) in [7, 11) is -5.41. The first-order valence-electron chi connectivity index (χ1n) is 15.9. The molecule has 0 unspecified atom stereocenters. The summed E-state index contributed by atoms with van der Waals surface area (Å²) in [6, 6.07) is 14.9. The number of benzene rings is 4. The van der Waals surface area contributed by atoms with Gasteiger partial charge in [-0.25, -0.2) is 30.8 Å². The van der Waals surface area contributed by atoms with E-state index in [2.05, 4.69) is 6.07 Å². The van der Waals surface area contributed by atoms with E-state index >= 15 is 8.78 Å². The maximum atomic E-state index is 15.3. The molecule has 2 N–H and O–H groups in total.